The van der Waals surface area contributed by atoms with Gasteiger partial charge in [0.1, 0.15) is 0 Å². The molecule has 0 aliphatic carbocycles. The summed E-state index contributed by atoms with van der Waals surface area (Å²) >= 11 is 5.86. The monoisotopic (exact) mass is 230 g/mol. The minimum Gasteiger partial charge on any atom is -0.298 e. The molecule has 1 fully saturated rings. The van der Waals surface area contributed by atoms with Crippen LogP contribution in [0.2, 0.25) is 5.02 Å². The summed E-state index contributed by atoms with van der Waals surface area (Å²) in [7, 11) is 0. The highest BCUT2D eigenvalue weighted by atomic mass is 35.5. The van der Waals surface area contributed by atoms with Gasteiger partial charge in [-0.05, 0) is 29.8 Å². The second-order valence-electron chi connectivity index (χ2n) is 3.93. The van der Waals surface area contributed by atoms with Crippen LogP contribution in [0.4, 0.5) is 0 Å². The van der Waals surface area contributed by atoms with Gasteiger partial charge in [0.25, 0.3) is 0 Å². The highest BCUT2D eigenvalue weighted by Gasteiger charge is 2.39. The van der Waals surface area contributed by atoms with E-state index >= 15 is 0 Å². The fourth-order valence-corrected chi connectivity index (χ4v) is 2.04. The van der Waals surface area contributed by atoms with E-state index in [0.29, 0.717) is 12.1 Å². The quantitative estimate of drug-likeness (QED) is 0.805. The maximum Gasteiger partial charge on any atom is 0.0698 e. The molecule has 0 spiro atoms. The zero-order valence-electron chi connectivity index (χ0n) is 8.60. The second kappa shape index (κ2) is 3.89. The van der Waals surface area contributed by atoms with E-state index in [4.69, 9.17) is 11.6 Å². The van der Waals surface area contributed by atoms with Gasteiger partial charge in [0.2, 0.25) is 0 Å². The summed E-state index contributed by atoms with van der Waals surface area (Å²) in [6, 6.07) is 14.7. The van der Waals surface area contributed by atoms with E-state index in [1.54, 1.807) is 0 Å². The lowest BCUT2D eigenvalue weighted by molar-refractivity contribution is 0.962. The zero-order chi connectivity index (χ0) is 11.0. The molecular formula is C13H11ClN2. The molecule has 0 radical (unpaired) electrons. The van der Waals surface area contributed by atoms with Crippen LogP contribution >= 0.6 is 11.6 Å². The smallest absolute Gasteiger partial charge is 0.0698 e. The predicted octanol–water partition coefficient (Wildman–Crippen LogP) is 3.12. The van der Waals surface area contributed by atoms with Gasteiger partial charge in [0.05, 0.1) is 17.8 Å². The number of rotatable bonds is 2. The number of pyridine rings is 1. The predicted molar refractivity (Wildman–Crippen MR) is 64.3 cm³/mol. The Morgan fingerprint density at radius 1 is 1.00 bits per heavy atom. The third kappa shape index (κ3) is 1.82. The molecule has 1 N–H and O–H groups in total. The largest absolute Gasteiger partial charge is 0.298 e. The Bertz CT molecular complexity index is 481. The second-order valence-corrected chi connectivity index (χ2v) is 4.36. The third-order valence-electron chi connectivity index (χ3n) is 2.82. The summed E-state index contributed by atoms with van der Waals surface area (Å²) in [6.45, 7) is 0. The van der Waals surface area contributed by atoms with Gasteiger partial charge < -0.3 is 0 Å². The minimum absolute atomic E-state index is 0.349. The van der Waals surface area contributed by atoms with Gasteiger partial charge in [-0.2, -0.15) is 0 Å². The van der Waals surface area contributed by atoms with Crippen LogP contribution in [0.25, 0.3) is 0 Å². The number of aromatic nitrogens is 1. The number of nitrogens with one attached hydrogen (secondary N) is 1. The van der Waals surface area contributed by atoms with Crippen molar-refractivity contribution in [3.63, 3.8) is 0 Å². The average Bonchev–Trinajstić information content (AvgIpc) is 3.11. The van der Waals surface area contributed by atoms with Gasteiger partial charge in [-0.25, -0.2) is 0 Å². The molecule has 1 aromatic heterocycles. The van der Waals surface area contributed by atoms with E-state index in [-0.39, 0.29) is 0 Å². The first kappa shape index (κ1) is 9.82. The lowest BCUT2D eigenvalue weighted by Crippen LogP contribution is -1.87. The molecule has 0 bridgehead atoms. The summed E-state index contributed by atoms with van der Waals surface area (Å²) in [5.41, 5.74) is 2.36. The maximum atomic E-state index is 5.86. The van der Waals surface area contributed by atoms with Gasteiger partial charge in [-0.3, -0.25) is 10.3 Å². The first-order chi connectivity index (χ1) is 7.84. The van der Waals surface area contributed by atoms with Crippen LogP contribution in [0, 0.1) is 0 Å². The Morgan fingerprint density at radius 2 is 1.81 bits per heavy atom. The van der Waals surface area contributed by atoms with Crippen molar-refractivity contribution in [2.75, 3.05) is 0 Å². The van der Waals surface area contributed by atoms with Crippen LogP contribution in [0.5, 0.6) is 0 Å². The van der Waals surface area contributed by atoms with Gasteiger partial charge in [0.15, 0.2) is 0 Å². The minimum atomic E-state index is 0.349. The summed E-state index contributed by atoms with van der Waals surface area (Å²) in [5, 5.41) is 4.19. The molecule has 0 saturated carbocycles. The Hall–Kier alpha value is -1.38. The summed E-state index contributed by atoms with van der Waals surface area (Å²) in [6.07, 6.45) is 1.83. The van der Waals surface area contributed by atoms with Crippen molar-refractivity contribution >= 4 is 11.6 Å². The molecule has 80 valence electrons. The van der Waals surface area contributed by atoms with Gasteiger partial charge in [-0.15, -0.1) is 0 Å². The van der Waals surface area contributed by atoms with E-state index in [1.807, 2.05) is 36.5 Å². The average molecular weight is 231 g/mol. The van der Waals surface area contributed by atoms with E-state index in [9.17, 15) is 0 Å². The van der Waals surface area contributed by atoms with Crippen LogP contribution < -0.4 is 5.32 Å². The topological polar surface area (TPSA) is 34.8 Å². The molecule has 16 heavy (non-hydrogen) atoms. The Morgan fingerprint density at radius 3 is 2.50 bits per heavy atom. The van der Waals surface area contributed by atoms with Crippen molar-refractivity contribution in [3.05, 3.63) is 64.9 Å². The molecule has 3 heteroatoms. The van der Waals surface area contributed by atoms with Gasteiger partial charge >= 0.3 is 0 Å². The van der Waals surface area contributed by atoms with Gasteiger partial charge in [-0.1, -0.05) is 29.8 Å². The standard InChI is InChI=1S/C13H11ClN2/c14-10-6-4-9(5-7-10)12-13(16-12)11-3-1-2-8-15-11/h1-8,12-13,16H/t12-,13+/m0/s1. The number of halogens is 1. The molecule has 2 aromatic rings. The normalized spacial score (nSPS) is 23.1. The molecule has 0 amide bonds. The van der Waals surface area contributed by atoms with Crippen molar-refractivity contribution in [2.24, 2.45) is 0 Å². The van der Waals surface area contributed by atoms with Crippen molar-refractivity contribution in [2.45, 2.75) is 12.1 Å². The number of hydrogen-bond acceptors (Lipinski definition) is 2. The van der Waals surface area contributed by atoms with Crippen LogP contribution in [-0.2, 0) is 0 Å². The van der Waals surface area contributed by atoms with E-state index in [1.165, 1.54) is 5.56 Å². The van der Waals surface area contributed by atoms with Crippen molar-refractivity contribution < 1.29 is 0 Å². The Labute approximate surface area is 99.3 Å². The van der Waals surface area contributed by atoms with Gasteiger partial charge in [0, 0.05) is 11.2 Å². The Kier molecular flexibility index (Phi) is 2.39. The fraction of sp³-hybridized carbons (Fsp3) is 0.154. The summed E-state index contributed by atoms with van der Waals surface area (Å²) < 4.78 is 0. The SMILES string of the molecule is Clc1ccc([C@@H]2N[C@@H]2c2ccccn2)cc1. The van der Waals surface area contributed by atoms with Crippen LogP contribution in [0.15, 0.2) is 48.7 Å². The molecule has 0 unspecified atom stereocenters. The fourth-order valence-electron chi connectivity index (χ4n) is 1.91. The van der Waals surface area contributed by atoms with Crippen LogP contribution in [0.1, 0.15) is 23.3 Å². The van der Waals surface area contributed by atoms with E-state index in [0.717, 1.165) is 10.7 Å². The van der Waals surface area contributed by atoms with E-state index in [2.05, 4.69) is 22.4 Å². The van der Waals surface area contributed by atoms with Crippen molar-refractivity contribution in [3.8, 4) is 0 Å². The van der Waals surface area contributed by atoms with Crippen LogP contribution in [-0.4, -0.2) is 4.98 Å². The van der Waals surface area contributed by atoms with E-state index < -0.39 is 0 Å². The lowest BCUT2D eigenvalue weighted by Gasteiger charge is -1.98. The molecule has 1 aliphatic heterocycles. The molecule has 2 heterocycles. The third-order valence-corrected chi connectivity index (χ3v) is 3.07. The molecule has 1 saturated heterocycles. The summed E-state index contributed by atoms with van der Waals surface area (Å²) in [4.78, 5) is 4.35. The first-order valence-electron chi connectivity index (χ1n) is 5.27. The Balaban J connectivity index is 1.79. The van der Waals surface area contributed by atoms with Crippen molar-refractivity contribution in [1.82, 2.24) is 10.3 Å². The van der Waals surface area contributed by atoms with Crippen LogP contribution in [0.3, 0.4) is 0 Å². The van der Waals surface area contributed by atoms with Crippen molar-refractivity contribution in [1.29, 1.82) is 0 Å². The first-order valence-corrected chi connectivity index (χ1v) is 5.65. The lowest BCUT2D eigenvalue weighted by atomic mass is 10.1. The number of nitrogens with zero attached hydrogens (tertiary/aromatic N) is 1. The molecule has 1 aliphatic rings. The molecule has 2 nitrogen and oxygen atoms in total. The maximum absolute atomic E-state index is 5.86. The number of benzene rings is 1. The molecule has 3 rings (SSSR count). The highest BCUT2D eigenvalue weighted by molar-refractivity contribution is 6.30. The number of hydrogen-bond donors (Lipinski definition) is 1. The molecule has 1 aromatic carbocycles. The zero-order valence-corrected chi connectivity index (χ0v) is 9.35. The summed E-state index contributed by atoms with van der Waals surface area (Å²) in [5.74, 6) is 0. The highest BCUT2D eigenvalue weighted by Crippen LogP contribution is 2.41. The molecule has 2 atom stereocenters. The molecular weight excluding hydrogens is 220 g/mol.